The Morgan fingerprint density at radius 1 is 1.48 bits per heavy atom. The van der Waals surface area contributed by atoms with Crippen LogP contribution >= 0.6 is 11.3 Å². The van der Waals surface area contributed by atoms with Gasteiger partial charge < -0.3 is 20.7 Å². The molecule has 1 saturated carbocycles. The highest BCUT2D eigenvalue weighted by Crippen LogP contribution is 2.32. The second-order valence-electron chi connectivity index (χ2n) is 5.55. The van der Waals surface area contributed by atoms with Gasteiger partial charge in [0.05, 0.1) is 6.54 Å². The lowest BCUT2D eigenvalue weighted by Gasteiger charge is -2.36. The molecule has 1 aliphatic rings. The quantitative estimate of drug-likeness (QED) is 0.670. The number of carbonyl (C=O) groups excluding carboxylic acids is 1. The number of nitrogens with one attached hydrogen (secondary N) is 3. The number of hydrogen-bond acceptors (Lipinski definition) is 4. The van der Waals surface area contributed by atoms with Gasteiger partial charge in [-0.05, 0) is 31.6 Å². The van der Waals surface area contributed by atoms with Crippen LogP contribution in [-0.2, 0) is 11.3 Å². The molecule has 0 aromatic carbocycles. The molecule has 0 spiro atoms. The van der Waals surface area contributed by atoms with Crippen molar-refractivity contribution in [2.75, 3.05) is 0 Å². The Morgan fingerprint density at radius 2 is 2.14 bits per heavy atom. The Hall–Kier alpha value is -1.83. The standard InChI is InChI=1S/C13H19N3O4S/c1-8-2-4-13(5-3-8,10(17)18)16-11(19)14-6-9-7-21-12(20)15-9/h7-8H,2-6H2,1H3,(H,15,20)(H,17,18)(H2,14,16,19). The molecule has 1 aliphatic carbocycles. The molecule has 0 radical (unpaired) electrons. The molecule has 7 nitrogen and oxygen atoms in total. The third kappa shape index (κ3) is 3.84. The van der Waals surface area contributed by atoms with Gasteiger partial charge in [0.2, 0.25) is 0 Å². The maximum Gasteiger partial charge on any atom is 0.329 e. The van der Waals surface area contributed by atoms with Gasteiger partial charge in [-0.15, -0.1) is 0 Å². The highest BCUT2D eigenvalue weighted by atomic mass is 32.1. The summed E-state index contributed by atoms with van der Waals surface area (Å²) >= 11 is 1.02. The van der Waals surface area contributed by atoms with Gasteiger partial charge in [-0.2, -0.15) is 0 Å². The molecule has 1 aromatic rings. The lowest BCUT2D eigenvalue weighted by Crippen LogP contribution is -2.58. The SMILES string of the molecule is CC1CCC(NC(=O)NCc2csc(=O)[nH]2)(C(=O)O)CC1. The van der Waals surface area contributed by atoms with Gasteiger partial charge in [0.1, 0.15) is 5.54 Å². The van der Waals surface area contributed by atoms with Crippen molar-refractivity contribution in [3.63, 3.8) is 0 Å². The molecule has 21 heavy (non-hydrogen) atoms. The minimum Gasteiger partial charge on any atom is -0.480 e. The van der Waals surface area contributed by atoms with Crippen molar-refractivity contribution < 1.29 is 14.7 Å². The van der Waals surface area contributed by atoms with E-state index in [2.05, 4.69) is 22.5 Å². The van der Waals surface area contributed by atoms with Crippen molar-refractivity contribution in [2.45, 2.75) is 44.7 Å². The topological polar surface area (TPSA) is 111 Å². The zero-order valence-electron chi connectivity index (χ0n) is 11.8. The van der Waals surface area contributed by atoms with Crippen LogP contribution in [-0.4, -0.2) is 27.6 Å². The summed E-state index contributed by atoms with van der Waals surface area (Å²) in [6.07, 6.45) is 2.44. The molecule has 0 unspecified atom stereocenters. The van der Waals surface area contributed by atoms with Crippen LogP contribution in [0.5, 0.6) is 0 Å². The molecular weight excluding hydrogens is 294 g/mol. The Labute approximate surface area is 125 Å². The van der Waals surface area contributed by atoms with Crippen LogP contribution in [0.3, 0.4) is 0 Å². The first-order chi connectivity index (χ1) is 9.91. The van der Waals surface area contributed by atoms with E-state index in [1.165, 1.54) is 0 Å². The molecule has 2 rings (SSSR count). The number of aliphatic carboxylic acids is 1. The van der Waals surface area contributed by atoms with Crippen LogP contribution in [0.25, 0.3) is 0 Å². The highest BCUT2D eigenvalue weighted by Gasteiger charge is 2.42. The Bertz CT molecular complexity index is 572. The molecule has 1 fully saturated rings. The van der Waals surface area contributed by atoms with E-state index in [9.17, 15) is 19.5 Å². The van der Waals surface area contributed by atoms with Crippen molar-refractivity contribution in [3.05, 3.63) is 20.7 Å². The number of H-pyrrole nitrogens is 1. The van der Waals surface area contributed by atoms with E-state index in [4.69, 9.17) is 0 Å². The fraction of sp³-hybridized carbons (Fsp3) is 0.615. The van der Waals surface area contributed by atoms with Gasteiger partial charge in [0, 0.05) is 11.1 Å². The number of aromatic amines is 1. The summed E-state index contributed by atoms with van der Waals surface area (Å²) in [4.78, 5) is 36.8. The monoisotopic (exact) mass is 313 g/mol. The van der Waals surface area contributed by atoms with E-state index >= 15 is 0 Å². The number of carbonyl (C=O) groups is 2. The molecule has 0 aliphatic heterocycles. The predicted molar refractivity (Wildman–Crippen MR) is 78.3 cm³/mol. The van der Waals surface area contributed by atoms with Gasteiger partial charge in [0.15, 0.2) is 0 Å². The number of carboxylic acids is 1. The molecule has 0 atom stereocenters. The molecule has 0 bridgehead atoms. The zero-order valence-corrected chi connectivity index (χ0v) is 12.6. The van der Waals surface area contributed by atoms with E-state index in [1.54, 1.807) is 5.38 Å². The maximum absolute atomic E-state index is 11.9. The van der Waals surface area contributed by atoms with E-state index in [-0.39, 0.29) is 11.4 Å². The molecule has 8 heteroatoms. The van der Waals surface area contributed by atoms with Crippen LogP contribution in [0.2, 0.25) is 0 Å². The van der Waals surface area contributed by atoms with Gasteiger partial charge >= 0.3 is 16.9 Å². The third-order valence-electron chi connectivity index (χ3n) is 3.90. The average Bonchev–Trinajstić information content (AvgIpc) is 2.85. The lowest BCUT2D eigenvalue weighted by atomic mass is 9.77. The van der Waals surface area contributed by atoms with E-state index < -0.39 is 17.5 Å². The van der Waals surface area contributed by atoms with Crippen LogP contribution in [0.4, 0.5) is 4.79 Å². The second kappa shape index (κ2) is 6.30. The number of rotatable bonds is 4. The summed E-state index contributed by atoms with van der Waals surface area (Å²) in [6, 6.07) is -0.529. The first-order valence-electron chi connectivity index (χ1n) is 6.87. The van der Waals surface area contributed by atoms with Crippen LogP contribution in [0.15, 0.2) is 10.2 Å². The van der Waals surface area contributed by atoms with Crippen molar-refractivity contribution in [1.29, 1.82) is 0 Å². The first kappa shape index (κ1) is 15.6. The van der Waals surface area contributed by atoms with Gasteiger partial charge in [0.25, 0.3) is 0 Å². The minimum absolute atomic E-state index is 0.163. The smallest absolute Gasteiger partial charge is 0.329 e. The Kier molecular flexibility index (Phi) is 4.66. The van der Waals surface area contributed by atoms with Crippen molar-refractivity contribution >= 4 is 23.3 Å². The van der Waals surface area contributed by atoms with Crippen LogP contribution in [0.1, 0.15) is 38.3 Å². The summed E-state index contributed by atoms with van der Waals surface area (Å²) in [7, 11) is 0. The normalized spacial score (nSPS) is 25.3. The fourth-order valence-corrected chi connectivity index (χ4v) is 3.07. The van der Waals surface area contributed by atoms with Crippen molar-refractivity contribution in [1.82, 2.24) is 15.6 Å². The summed E-state index contributed by atoms with van der Waals surface area (Å²) in [6.45, 7) is 2.25. The third-order valence-corrected chi connectivity index (χ3v) is 4.62. The number of amides is 2. The largest absolute Gasteiger partial charge is 0.480 e. The molecule has 116 valence electrons. The number of aromatic nitrogens is 1. The summed E-state index contributed by atoms with van der Waals surface area (Å²) in [5.41, 5.74) is -0.583. The molecule has 4 N–H and O–H groups in total. The minimum atomic E-state index is -1.18. The molecule has 0 saturated heterocycles. The average molecular weight is 313 g/mol. The molecule has 2 amide bonds. The molecule has 1 heterocycles. The number of hydrogen-bond donors (Lipinski definition) is 4. The number of carboxylic acid groups (broad SMARTS) is 1. The number of thiazole rings is 1. The Balaban J connectivity index is 1.92. The predicted octanol–water partition coefficient (Wildman–Crippen LogP) is 1.27. The van der Waals surface area contributed by atoms with Crippen molar-refractivity contribution in [3.8, 4) is 0 Å². The maximum atomic E-state index is 11.9. The van der Waals surface area contributed by atoms with Gasteiger partial charge in [-0.25, -0.2) is 9.59 Å². The molecule has 1 aromatic heterocycles. The Morgan fingerprint density at radius 3 is 2.67 bits per heavy atom. The van der Waals surface area contributed by atoms with Crippen molar-refractivity contribution in [2.24, 2.45) is 5.92 Å². The fourth-order valence-electron chi connectivity index (χ4n) is 2.48. The lowest BCUT2D eigenvalue weighted by molar-refractivity contribution is -0.146. The van der Waals surface area contributed by atoms with E-state index in [0.717, 1.165) is 24.2 Å². The van der Waals surface area contributed by atoms with Gasteiger partial charge in [-0.3, -0.25) is 4.79 Å². The first-order valence-corrected chi connectivity index (χ1v) is 7.75. The highest BCUT2D eigenvalue weighted by molar-refractivity contribution is 7.07. The van der Waals surface area contributed by atoms with E-state index in [0.29, 0.717) is 24.5 Å². The summed E-state index contributed by atoms with van der Waals surface area (Å²) < 4.78 is 0. The van der Waals surface area contributed by atoms with Gasteiger partial charge in [-0.1, -0.05) is 18.3 Å². The summed E-state index contributed by atoms with van der Waals surface area (Å²) in [5, 5.41) is 16.2. The second-order valence-corrected chi connectivity index (χ2v) is 6.39. The molecular formula is C13H19N3O4S. The van der Waals surface area contributed by atoms with Crippen LogP contribution < -0.4 is 15.5 Å². The van der Waals surface area contributed by atoms with E-state index in [1.807, 2.05) is 0 Å². The zero-order chi connectivity index (χ0) is 15.5. The van der Waals surface area contributed by atoms with Crippen LogP contribution in [0, 0.1) is 5.92 Å². The number of urea groups is 1. The summed E-state index contributed by atoms with van der Waals surface area (Å²) in [5.74, 6) is -0.508.